The van der Waals surface area contributed by atoms with Gasteiger partial charge in [-0.1, -0.05) is 66.8 Å². The average Bonchev–Trinajstić information content (AvgIpc) is 3.56. The topological polar surface area (TPSA) is 92.4 Å². The Kier molecular flexibility index (Phi) is 11.2. The first-order valence-electron chi connectivity index (χ1n) is 15.6. The van der Waals surface area contributed by atoms with E-state index in [2.05, 4.69) is 52.9 Å². The molecule has 0 spiro atoms. The highest BCUT2D eigenvalue weighted by Crippen LogP contribution is 2.24. The maximum absolute atomic E-state index is 13.3. The minimum Gasteiger partial charge on any atom is -0.445 e. The normalized spacial score (nSPS) is 23.3. The number of methoxy groups -OCH3 is 2. The highest BCUT2D eigenvalue weighted by atomic mass is 16.6. The fraction of sp³-hybridized carbons (Fsp3) is 0.389. The quantitative estimate of drug-likeness (QED) is 0.320. The summed E-state index contributed by atoms with van der Waals surface area (Å²) in [5.41, 5.74) is 4.78. The van der Waals surface area contributed by atoms with E-state index < -0.39 is 12.1 Å². The van der Waals surface area contributed by atoms with Crippen molar-refractivity contribution in [2.45, 2.75) is 43.6 Å². The molecule has 45 heavy (non-hydrogen) atoms. The zero-order valence-electron chi connectivity index (χ0n) is 26.4. The Bertz CT molecular complexity index is 1420. The van der Waals surface area contributed by atoms with Crippen LogP contribution in [-0.2, 0) is 19.0 Å². The number of hydrogen-bond acceptors (Lipinski definition) is 7. The lowest BCUT2D eigenvalue weighted by Crippen LogP contribution is -2.43. The van der Waals surface area contributed by atoms with Gasteiger partial charge in [0.05, 0.1) is 18.8 Å². The van der Waals surface area contributed by atoms with Gasteiger partial charge in [-0.05, 0) is 60.9 Å². The number of ether oxygens (including phenoxy) is 3. The van der Waals surface area contributed by atoms with Crippen LogP contribution in [-0.4, -0.2) is 93.6 Å². The summed E-state index contributed by atoms with van der Waals surface area (Å²) < 4.78 is 16.6. The van der Waals surface area contributed by atoms with Crippen LogP contribution in [0.15, 0.2) is 84.5 Å². The number of likely N-dealkylation sites (tertiary alicyclic amines) is 2. The number of anilines is 2. The molecule has 2 aliphatic heterocycles. The summed E-state index contributed by atoms with van der Waals surface area (Å²) in [6.45, 7) is 2.32. The van der Waals surface area contributed by atoms with Crippen molar-refractivity contribution in [3.05, 3.63) is 95.6 Å². The third kappa shape index (κ3) is 8.94. The van der Waals surface area contributed by atoms with Crippen LogP contribution < -0.4 is 10.6 Å². The Morgan fingerprint density at radius 1 is 0.889 bits per heavy atom. The smallest absolute Gasteiger partial charge is 0.410 e. The average molecular weight is 613 g/mol. The lowest BCUT2D eigenvalue weighted by atomic mass is 10.1. The summed E-state index contributed by atoms with van der Waals surface area (Å²) in [7, 11) is 5.52. The predicted molar refractivity (Wildman–Crippen MR) is 179 cm³/mol. The molecule has 2 aromatic rings. The van der Waals surface area contributed by atoms with Crippen molar-refractivity contribution in [2.24, 2.45) is 0 Å². The van der Waals surface area contributed by atoms with Gasteiger partial charge in [0.15, 0.2) is 0 Å². The number of nitrogens with one attached hydrogen (secondary N) is 2. The highest BCUT2D eigenvalue weighted by Gasteiger charge is 2.40. The van der Waals surface area contributed by atoms with Gasteiger partial charge in [0.2, 0.25) is 5.91 Å². The minimum absolute atomic E-state index is 0.156. The van der Waals surface area contributed by atoms with Gasteiger partial charge < -0.3 is 24.8 Å². The summed E-state index contributed by atoms with van der Waals surface area (Å²) in [5.74, 6) is -0.264. The minimum atomic E-state index is -0.679. The Balaban J connectivity index is 1.11. The van der Waals surface area contributed by atoms with Gasteiger partial charge in [0.25, 0.3) is 0 Å². The standard InChI is InChI=1S/C36H44N4O5/c1-39-23-32(43-2)20-31(39)22-37-29-16-12-26(13-17-29)10-11-27-14-18-30(19-15-27)38-35(41)34-21-33(44-3)24-40(34)36(42)45-25-28-8-6-4-5-7-9-28/h4-6,8-19,31-34,37H,7,20-25H2,1-3H3,(H,38,41)/b11-10+/t31-,32+,33+,34-/m0/s1. The van der Waals surface area contributed by atoms with Crippen LogP contribution in [0.4, 0.5) is 16.2 Å². The molecule has 0 radical (unpaired) electrons. The second kappa shape index (κ2) is 15.7. The van der Waals surface area contributed by atoms with Gasteiger partial charge >= 0.3 is 6.09 Å². The maximum atomic E-state index is 13.3. The van der Waals surface area contributed by atoms with Crippen LogP contribution in [0.25, 0.3) is 12.2 Å². The molecule has 5 rings (SSSR count). The lowest BCUT2D eigenvalue weighted by Gasteiger charge is -2.23. The van der Waals surface area contributed by atoms with Gasteiger partial charge in [0.1, 0.15) is 12.6 Å². The molecule has 0 aromatic heterocycles. The zero-order chi connectivity index (χ0) is 31.6. The van der Waals surface area contributed by atoms with Crippen molar-refractivity contribution in [3.63, 3.8) is 0 Å². The van der Waals surface area contributed by atoms with E-state index in [1.54, 1.807) is 14.2 Å². The summed E-state index contributed by atoms with van der Waals surface area (Å²) in [4.78, 5) is 30.0. The van der Waals surface area contributed by atoms with Crippen LogP contribution in [0.3, 0.4) is 0 Å². The third-order valence-electron chi connectivity index (χ3n) is 8.65. The number of amides is 2. The number of rotatable bonds is 11. The van der Waals surface area contributed by atoms with E-state index in [0.29, 0.717) is 30.8 Å². The summed E-state index contributed by atoms with van der Waals surface area (Å²) in [5, 5.41) is 6.50. The SMILES string of the molecule is CO[C@@H]1C[C@@H](CNc2ccc(/C=C/c3ccc(NC(=O)[C@@H]4C[C@@H](OC)CN4C(=O)OCC4=CCC=CC=C4)cc3)cc2)N(C)C1. The Labute approximate surface area is 266 Å². The fourth-order valence-corrected chi connectivity index (χ4v) is 5.86. The third-order valence-corrected chi connectivity index (χ3v) is 8.65. The predicted octanol–water partition coefficient (Wildman–Crippen LogP) is 5.59. The lowest BCUT2D eigenvalue weighted by molar-refractivity contribution is -0.120. The number of hydrogen-bond donors (Lipinski definition) is 2. The summed E-state index contributed by atoms with van der Waals surface area (Å²) in [6, 6.07) is 15.8. The van der Waals surface area contributed by atoms with Crippen molar-refractivity contribution >= 4 is 35.5 Å². The van der Waals surface area contributed by atoms with Crippen molar-refractivity contribution in [1.29, 1.82) is 0 Å². The maximum Gasteiger partial charge on any atom is 0.410 e. The molecule has 238 valence electrons. The number of benzene rings is 2. The Morgan fingerprint density at radius 3 is 2.22 bits per heavy atom. The first-order valence-corrected chi connectivity index (χ1v) is 15.6. The van der Waals surface area contributed by atoms with Gasteiger partial charge in [0, 0.05) is 51.1 Å². The van der Waals surface area contributed by atoms with Crippen LogP contribution in [0.1, 0.15) is 30.4 Å². The molecular formula is C36H44N4O5. The van der Waals surface area contributed by atoms with E-state index in [1.807, 2.05) is 60.7 Å². The molecule has 2 aromatic carbocycles. The molecule has 2 saturated heterocycles. The molecule has 2 fully saturated rings. The number of carbonyl (C=O) groups excluding carboxylic acids is 2. The molecule has 2 N–H and O–H groups in total. The molecule has 0 bridgehead atoms. The van der Waals surface area contributed by atoms with E-state index in [4.69, 9.17) is 14.2 Å². The van der Waals surface area contributed by atoms with Crippen molar-refractivity contribution in [1.82, 2.24) is 9.80 Å². The fourth-order valence-electron chi connectivity index (χ4n) is 5.86. The van der Waals surface area contributed by atoms with E-state index >= 15 is 0 Å². The molecule has 2 amide bonds. The summed E-state index contributed by atoms with van der Waals surface area (Å²) >= 11 is 0. The molecule has 3 aliphatic rings. The molecule has 2 heterocycles. The van der Waals surface area contributed by atoms with Crippen LogP contribution >= 0.6 is 0 Å². The number of likely N-dealkylation sites (N-methyl/N-ethyl adjacent to an activating group) is 1. The molecular weight excluding hydrogens is 568 g/mol. The monoisotopic (exact) mass is 612 g/mol. The second-order valence-corrected chi connectivity index (χ2v) is 11.8. The highest BCUT2D eigenvalue weighted by molar-refractivity contribution is 5.97. The van der Waals surface area contributed by atoms with Crippen LogP contribution in [0.5, 0.6) is 0 Å². The van der Waals surface area contributed by atoms with Crippen molar-refractivity contribution in [2.75, 3.05) is 58.1 Å². The second-order valence-electron chi connectivity index (χ2n) is 11.8. The van der Waals surface area contributed by atoms with Gasteiger partial charge in [-0.3, -0.25) is 14.6 Å². The molecule has 0 saturated carbocycles. The first kappa shape index (κ1) is 32.2. The van der Waals surface area contributed by atoms with E-state index in [-0.39, 0.29) is 18.6 Å². The van der Waals surface area contributed by atoms with Crippen LogP contribution in [0.2, 0.25) is 0 Å². The van der Waals surface area contributed by atoms with Gasteiger partial charge in [-0.2, -0.15) is 0 Å². The Morgan fingerprint density at radius 2 is 1.56 bits per heavy atom. The molecule has 1 aliphatic carbocycles. The van der Waals surface area contributed by atoms with Crippen molar-refractivity contribution in [3.8, 4) is 0 Å². The molecule has 9 nitrogen and oxygen atoms in total. The largest absolute Gasteiger partial charge is 0.445 e. The summed E-state index contributed by atoms with van der Waals surface area (Å²) in [6.07, 6.45) is 15.8. The van der Waals surface area contributed by atoms with Crippen molar-refractivity contribution < 1.29 is 23.8 Å². The van der Waals surface area contributed by atoms with E-state index in [0.717, 1.165) is 48.3 Å². The Hall–Kier alpha value is -4.18. The van der Waals surface area contributed by atoms with E-state index in [1.165, 1.54) is 4.90 Å². The molecule has 0 unspecified atom stereocenters. The molecule has 4 atom stereocenters. The van der Waals surface area contributed by atoms with Gasteiger partial charge in [-0.15, -0.1) is 0 Å². The molecule has 9 heteroatoms. The first-order chi connectivity index (χ1) is 21.9. The number of nitrogens with zero attached hydrogens (tertiary/aromatic N) is 2. The number of allylic oxidation sites excluding steroid dienone is 4. The number of carbonyl (C=O) groups is 2. The van der Waals surface area contributed by atoms with E-state index in [9.17, 15) is 9.59 Å². The zero-order valence-corrected chi connectivity index (χ0v) is 26.4. The van der Waals surface area contributed by atoms with Crippen LogP contribution in [0, 0.1) is 0 Å². The van der Waals surface area contributed by atoms with Gasteiger partial charge in [-0.25, -0.2) is 4.79 Å².